The molecular formula is C26H29ClO3. The zero-order valence-corrected chi connectivity index (χ0v) is 18.2. The summed E-state index contributed by atoms with van der Waals surface area (Å²) in [6.07, 6.45) is 6.63. The minimum atomic E-state index is -0.652. The third-order valence-corrected chi connectivity index (χ3v) is 8.18. The van der Waals surface area contributed by atoms with Crippen LogP contribution in [-0.2, 0) is 17.8 Å². The Kier molecular flexibility index (Phi) is 5.26. The number of hydrogen-bond acceptors (Lipinski definition) is 3. The summed E-state index contributed by atoms with van der Waals surface area (Å²) >= 11 is 5.56. The summed E-state index contributed by atoms with van der Waals surface area (Å²) in [5.74, 6) is 2.86. The van der Waals surface area contributed by atoms with Crippen molar-refractivity contribution in [3.63, 3.8) is 0 Å². The molecule has 5 atom stereocenters. The third-order valence-electron chi connectivity index (χ3n) is 8.09. The van der Waals surface area contributed by atoms with Gasteiger partial charge in [0.15, 0.2) is 0 Å². The normalized spacial score (nSPS) is 31.9. The fourth-order valence-corrected chi connectivity index (χ4v) is 6.75. The maximum absolute atomic E-state index is 11.4. The number of hydrogen-bond donors (Lipinski definition) is 0. The maximum Gasteiger partial charge on any atom is 0.404 e. The van der Waals surface area contributed by atoms with E-state index in [1.165, 1.54) is 23.1 Å². The van der Waals surface area contributed by atoms with E-state index in [0.29, 0.717) is 24.4 Å². The Morgan fingerprint density at radius 1 is 1.10 bits per heavy atom. The van der Waals surface area contributed by atoms with Gasteiger partial charge < -0.3 is 9.47 Å². The van der Waals surface area contributed by atoms with Gasteiger partial charge in [-0.1, -0.05) is 43.3 Å². The van der Waals surface area contributed by atoms with Gasteiger partial charge in [0, 0.05) is 17.0 Å². The molecule has 4 heteroatoms. The van der Waals surface area contributed by atoms with Crippen LogP contribution in [0.2, 0.25) is 0 Å². The van der Waals surface area contributed by atoms with Gasteiger partial charge in [0.25, 0.3) is 0 Å². The molecule has 5 rings (SSSR count). The van der Waals surface area contributed by atoms with Crippen LogP contribution in [0.1, 0.15) is 61.6 Å². The van der Waals surface area contributed by atoms with Crippen LogP contribution in [0.25, 0.3) is 0 Å². The zero-order valence-electron chi connectivity index (χ0n) is 17.5. The van der Waals surface area contributed by atoms with Crippen molar-refractivity contribution in [1.29, 1.82) is 0 Å². The summed E-state index contributed by atoms with van der Waals surface area (Å²) in [4.78, 5) is 11.4. The van der Waals surface area contributed by atoms with Crippen molar-refractivity contribution in [2.45, 2.75) is 64.1 Å². The summed E-state index contributed by atoms with van der Waals surface area (Å²) in [5, 5.41) is 0. The zero-order chi connectivity index (χ0) is 20.7. The van der Waals surface area contributed by atoms with Crippen LogP contribution in [0, 0.1) is 17.3 Å². The molecule has 0 heterocycles. The van der Waals surface area contributed by atoms with Gasteiger partial charge in [0.1, 0.15) is 18.5 Å². The lowest BCUT2D eigenvalue weighted by Crippen LogP contribution is -2.44. The van der Waals surface area contributed by atoms with Crippen molar-refractivity contribution in [1.82, 2.24) is 0 Å². The van der Waals surface area contributed by atoms with Crippen molar-refractivity contribution < 1.29 is 14.3 Å². The topological polar surface area (TPSA) is 35.5 Å². The predicted molar refractivity (Wildman–Crippen MR) is 118 cm³/mol. The molecule has 3 nitrogen and oxygen atoms in total. The molecule has 0 amide bonds. The van der Waals surface area contributed by atoms with Crippen LogP contribution < -0.4 is 4.74 Å². The number of carbonyl (C=O) groups excluding carboxylic acids is 1. The number of halogens is 1. The van der Waals surface area contributed by atoms with Gasteiger partial charge in [0.05, 0.1) is 0 Å². The summed E-state index contributed by atoms with van der Waals surface area (Å²) in [5.41, 5.74) is 3.57. The minimum absolute atomic E-state index is 0.0244. The van der Waals surface area contributed by atoms with Gasteiger partial charge in [0.2, 0.25) is 0 Å². The van der Waals surface area contributed by atoms with E-state index in [1.54, 1.807) is 0 Å². The average molecular weight is 425 g/mol. The third kappa shape index (κ3) is 3.51. The molecule has 2 saturated carbocycles. The van der Waals surface area contributed by atoms with E-state index in [9.17, 15) is 4.79 Å². The van der Waals surface area contributed by atoms with Crippen LogP contribution in [0.5, 0.6) is 5.75 Å². The average Bonchev–Trinajstić information content (AvgIpc) is 3.08. The molecule has 158 valence electrons. The van der Waals surface area contributed by atoms with Gasteiger partial charge in [-0.25, -0.2) is 4.79 Å². The molecule has 0 saturated heterocycles. The van der Waals surface area contributed by atoms with Crippen LogP contribution in [0.15, 0.2) is 48.5 Å². The lowest BCUT2D eigenvalue weighted by Gasteiger charge is -2.50. The lowest BCUT2D eigenvalue weighted by molar-refractivity contribution is -0.0249. The molecule has 0 spiro atoms. The van der Waals surface area contributed by atoms with E-state index in [2.05, 4.69) is 37.3 Å². The van der Waals surface area contributed by atoms with E-state index in [1.807, 2.05) is 18.2 Å². The van der Waals surface area contributed by atoms with Crippen molar-refractivity contribution in [2.75, 3.05) is 0 Å². The van der Waals surface area contributed by atoms with Gasteiger partial charge in [-0.2, -0.15) is 0 Å². The Labute approximate surface area is 183 Å². The van der Waals surface area contributed by atoms with Crippen molar-refractivity contribution in [3.05, 3.63) is 65.2 Å². The number of rotatable bonds is 4. The first-order valence-corrected chi connectivity index (χ1v) is 11.6. The first kappa shape index (κ1) is 19.9. The van der Waals surface area contributed by atoms with Crippen molar-refractivity contribution in [2.24, 2.45) is 17.3 Å². The molecule has 2 fully saturated rings. The van der Waals surface area contributed by atoms with Crippen molar-refractivity contribution >= 4 is 17.0 Å². The van der Waals surface area contributed by atoms with E-state index < -0.39 is 5.43 Å². The fourth-order valence-electron chi connectivity index (χ4n) is 6.65. The minimum Gasteiger partial charge on any atom is -0.489 e. The standard InChI is InChI=1S/C26H29ClO3/c1-26-14-13-21-20-10-8-19(29-16-17-5-3-2-4-6-17)15-18(20)7-9-22(21)23(26)11-12-24(26)30-25(27)28/h2-6,8,10,15,21-24H,7,9,11-14,16H2,1H3/t21-,22-,23+,24+,26+/m1/s1. The molecule has 3 aliphatic carbocycles. The highest BCUT2D eigenvalue weighted by atomic mass is 35.5. The second kappa shape index (κ2) is 7.92. The molecule has 3 aliphatic rings. The number of fused-ring (bicyclic) bond motifs is 5. The van der Waals surface area contributed by atoms with Gasteiger partial charge in [-0.05, 0) is 85.1 Å². The monoisotopic (exact) mass is 424 g/mol. The number of benzene rings is 2. The first-order valence-electron chi connectivity index (χ1n) is 11.2. The highest BCUT2D eigenvalue weighted by molar-refractivity contribution is 6.61. The smallest absolute Gasteiger partial charge is 0.404 e. The second-order valence-electron chi connectivity index (χ2n) is 9.52. The largest absolute Gasteiger partial charge is 0.489 e. The summed E-state index contributed by atoms with van der Waals surface area (Å²) in [6.45, 7) is 2.92. The predicted octanol–water partition coefficient (Wildman–Crippen LogP) is 6.87. The summed E-state index contributed by atoms with van der Waals surface area (Å²) in [6, 6.07) is 17.0. The molecular weight excluding hydrogens is 396 g/mol. The fraction of sp³-hybridized carbons (Fsp3) is 0.500. The number of aryl methyl sites for hydroxylation is 1. The number of carbonyl (C=O) groups is 1. The Morgan fingerprint density at radius 2 is 1.93 bits per heavy atom. The lowest BCUT2D eigenvalue weighted by atomic mass is 9.55. The summed E-state index contributed by atoms with van der Waals surface area (Å²) < 4.78 is 11.6. The van der Waals surface area contributed by atoms with Crippen LogP contribution in [0.4, 0.5) is 4.79 Å². The molecule has 0 aliphatic heterocycles. The van der Waals surface area contributed by atoms with E-state index in [0.717, 1.165) is 37.9 Å². The summed E-state index contributed by atoms with van der Waals surface area (Å²) in [7, 11) is 0. The Hall–Kier alpha value is -2.00. The van der Waals surface area contributed by atoms with E-state index in [4.69, 9.17) is 21.1 Å². The SMILES string of the molecule is C[C@]12CC[C@@H]3c4ccc(OCc5ccccc5)cc4CC[C@H]3[C@@H]1CC[C@@H]2OC(=O)Cl. The first-order chi connectivity index (χ1) is 14.5. The number of ether oxygens (including phenoxy) is 2. The molecule has 2 aromatic rings. The molecule has 0 unspecified atom stereocenters. The molecule has 30 heavy (non-hydrogen) atoms. The molecule has 0 radical (unpaired) electrons. The molecule has 2 aromatic carbocycles. The highest BCUT2D eigenvalue weighted by Gasteiger charge is 2.56. The van der Waals surface area contributed by atoms with Crippen molar-refractivity contribution in [3.8, 4) is 5.75 Å². The Morgan fingerprint density at radius 3 is 2.73 bits per heavy atom. The second-order valence-corrected chi connectivity index (χ2v) is 9.82. The Bertz CT molecular complexity index is 927. The van der Waals surface area contributed by atoms with Gasteiger partial charge in [-0.15, -0.1) is 0 Å². The molecule has 0 N–H and O–H groups in total. The van der Waals surface area contributed by atoms with E-state index in [-0.39, 0.29) is 11.5 Å². The highest BCUT2D eigenvalue weighted by Crippen LogP contribution is 2.61. The van der Waals surface area contributed by atoms with Crippen LogP contribution in [0.3, 0.4) is 0 Å². The van der Waals surface area contributed by atoms with E-state index >= 15 is 0 Å². The van der Waals surface area contributed by atoms with Crippen LogP contribution in [-0.4, -0.2) is 11.5 Å². The van der Waals surface area contributed by atoms with Crippen LogP contribution >= 0.6 is 11.6 Å². The molecule has 0 bridgehead atoms. The van der Waals surface area contributed by atoms with Gasteiger partial charge >= 0.3 is 5.43 Å². The quantitative estimate of drug-likeness (QED) is 0.502. The molecule has 0 aromatic heterocycles. The Balaban J connectivity index is 1.32. The maximum atomic E-state index is 11.4. The van der Waals surface area contributed by atoms with Gasteiger partial charge in [-0.3, -0.25) is 0 Å².